The number of carbonyl (C=O) groups excluding carboxylic acids is 2. The van der Waals surface area contributed by atoms with Gasteiger partial charge >= 0.3 is 18.0 Å². The maximum absolute atomic E-state index is 14.4. The highest BCUT2D eigenvalue weighted by Crippen LogP contribution is 2.53. The molecule has 0 saturated carbocycles. The number of alkyl halides is 7. The van der Waals surface area contributed by atoms with Crippen LogP contribution in [0.4, 0.5) is 36.4 Å². The van der Waals surface area contributed by atoms with E-state index in [9.17, 15) is 44.5 Å². The van der Waals surface area contributed by atoms with E-state index in [-0.39, 0.29) is 34.2 Å². The number of anilines is 1. The SMILES string of the molecule is Cc1cc(C(F)(C(F)(F)F)C(F)(F)F)ccc1NC(=O)c1cccc(C)c1C(=O)NC(C)(C)CS(C)(=N)=O. The van der Waals surface area contributed by atoms with E-state index in [1.165, 1.54) is 31.4 Å². The van der Waals surface area contributed by atoms with Crippen LogP contribution in [0, 0.1) is 18.6 Å². The number of halogens is 7. The highest BCUT2D eigenvalue weighted by Gasteiger charge is 2.73. The van der Waals surface area contributed by atoms with Gasteiger partial charge in [0.25, 0.3) is 11.8 Å². The van der Waals surface area contributed by atoms with Gasteiger partial charge in [0, 0.05) is 32.8 Å². The molecule has 2 aromatic carbocycles. The topological polar surface area (TPSA) is 99.1 Å². The summed E-state index contributed by atoms with van der Waals surface area (Å²) in [5.41, 5.74) is -8.82. The Morgan fingerprint density at radius 3 is 1.92 bits per heavy atom. The Balaban J connectivity index is 2.43. The fourth-order valence-electron chi connectivity index (χ4n) is 3.95. The maximum Gasteiger partial charge on any atom is 0.435 e. The molecule has 0 aliphatic heterocycles. The third-order valence-corrected chi connectivity index (χ3v) is 6.76. The van der Waals surface area contributed by atoms with E-state index >= 15 is 0 Å². The first-order chi connectivity index (χ1) is 17.0. The molecule has 0 spiro atoms. The monoisotopic (exact) mass is 569 g/mol. The Morgan fingerprint density at radius 2 is 1.45 bits per heavy atom. The van der Waals surface area contributed by atoms with Gasteiger partial charge in [-0.1, -0.05) is 24.3 Å². The van der Waals surface area contributed by atoms with E-state index < -0.39 is 50.7 Å². The van der Waals surface area contributed by atoms with Gasteiger partial charge < -0.3 is 10.6 Å². The molecule has 0 heterocycles. The first kappa shape index (κ1) is 31.1. The normalized spacial score (nSPS) is 14.5. The Kier molecular flexibility index (Phi) is 8.33. The maximum atomic E-state index is 14.4. The van der Waals surface area contributed by atoms with Crippen LogP contribution in [-0.4, -0.2) is 45.9 Å². The van der Waals surface area contributed by atoms with Gasteiger partial charge in [-0.2, -0.15) is 26.3 Å². The van der Waals surface area contributed by atoms with Gasteiger partial charge in [-0.3, -0.25) is 18.6 Å². The number of benzene rings is 2. The van der Waals surface area contributed by atoms with E-state index in [4.69, 9.17) is 4.78 Å². The summed E-state index contributed by atoms with van der Waals surface area (Å²) < 4.78 is 112. The molecule has 0 aromatic heterocycles. The van der Waals surface area contributed by atoms with Crippen molar-refractivity contribution in [2.24, 2.45) is 0 Å². The van der Waals surface area contributed by atoms with E-state index in [0.717, 1.165) is 6.92 Å². The average Bonchev–Trinajstić information content (AvgIpc) is 2.70. The van der Waals surface area contributed by atoms with Crippen LogP contribution in [0.1, 0.15) is 51.3 Å². The molecule has 0 fully saturated rings. The zero-order valence-corrected chi connectivity index (χ0v) is 21.8. The summed E-state index contributed by atoms with van der Waals surface area (Å²) in [5, 5.41) is 4.95. The van der Waals surface area contributed by atoms with Crippen molar-refractivity contribution >= 4 is 27.2 Å². The predicted molar refractivity (Wildman–Crippen MR) is 128 cm³/mol. The number of hydrogen-bond donors (Lipinski definition) is 3. The number of amides is 2. The summed E-state index contributed by atoms with van der Waals surface area (Å²) in [6.07, 6.45) is -11.4. The van der Waals surface area contributed by atoms with Crippen molar-refractivity contribution in [2.75, 3.05) is 17.3 Å². The number of rotatable bonds is 7. The van der Waals surface area contributed by atoms with Gasteiger partial charge in [0.2, 0.25) is 0 Å². The number of nitrogens with one attached hydrogen (secondary N) is 3. The minimum Gasteiger partial charge on any atom is -0.346 e. The molecule has 0 aliphatic carbocycles. The fraction of sp³-hybridized carbons (Fsp3) is 0.417. The third-order valence-electron chi connectivity index (χ3n) is 5.49. The molecule has 2 amide bonds. The Hall–Kier alpha value is -3.16. The summed E-state index contributed by atoms with van der Waals surface area (Å²) >= 11 is 0. The first-order valence-electron chi connectivity index (χ1n) is 10.9. The quantitative estimate of drug-likeness (QED) is 0.355. The van der Waals surface area contributed by atoms with Gasteiger partial charge in [-0.25, -0.2) is 4.39 Å². The lowest BCUT2D eigenvalue weighted by atomic mass is 9.92. The molecule has 6 nitrogen and oxygen atoms in total. The van der Waals surface area contributed by atoms with Crippen molar-refractivity contribution in [1.82, 2.24) is 5.32 Å². The summed E-state index contributed by atoms with van der Waals surface area (Å²) in [7, 11) is -2.99. The van der Waals surface area contributed by atoms with Crippen molar-refractivity contribution in [3.8, 4) is 0 Å². The molecule has 0 radical (unpaired) electrons. The number of aryl methyl sites for hydroxylation is 2. The minimum absolute atomic E-state index is 0.0863. The minimum atomic E-state index is -6.29. The molecule has 0 saturated heterocycles. The third kappa shape index (κ3) is 6.63. The highest BCUT2D eigenvalue weighted by molar-refractivity contribution is 7.91. The molecule has 210 valence electrons. The number of hydrogen-bond acceptors (Lipinski definition) is 4. The summed E-state index contributed by atoms with van der Waals surface area (Å²) in [5.74, 6) is -1.83. The molecule has 0 bridgehead atoms. The Bertz CT molecular complexity index is 1340. The first-order valence-corrected chi connectivity index (χ1v) is 13.0. The predicted octanol–water partition coefficient (Wildman–Crippen LogP) is 6.03. The van der Waals surface area contributed by atoms with Crippen LogP contribution in [0.3, 0.4) is 0 Å². The molecule has 14 heteroatoms. The van der Waals surface area contributed by atoms with E-state index in [0.29, 0.717) is 17.7 Å². The van der Waals surface area contributed by atoms with Crippen LogP contribution in [-0.2, 0) is 15.4 Å². The molecule has 3 N–H and O–H groups in total. The van der Waals surface area contributed by atoms with E-state index in [2.05, 4.69) is 10.6 Å². The molecule has 38 heavy (non-hydrogen) atoms. The molecule has 1 unspecified atom stereocenters. The van der Waals surface area contributed by atoms with E-state index in [1.807, 2.05) is 0 Å². The number of carbonyl (C=O) groups is 2. The second kappa shape index (κ2) is 10.2. The van der Waals surface area contributed by atoms with Crippen LogP contribution in [0.15, 0.2) is 36.4 Å². The van der Waals surface area contributed by atoms with Crippen LogP contribution >= 0.6 is 0 Å². The fourth-order valence-corrected chi connectivity index (χ4v) is 5.40. The van der Waals surface area contributed by atoms with Crippen molar-refractivity contribution in [1.29, 1.82) is 4.78 Å². The Labute approximate surface area is 215 Å². The van der Waals surface area contributed by atoms with Crippen molar-refractivity contribution in [3.05, 3.63) is 64.2 Å². The second-order valence-electron chi connectivity index (χ2n) is 9.62. The van der Waals surface area contributed by atoms with Crippen LogP contribution in [0.2, 0.25) is 0 Å². The van der Waals surface area contributed by atoms with Gasteiger partial charge in [0.1, 0.15) is 0 Å². The largest absolute Gasteiger partial charge is 0.435 e. The molecule has 1 atom stereocenters. The zero-order valence-electron chi connectivity index (χ0n) is 20.9. The second-order valence-corrected chi connectivity index (χ2v) is 11.9. The molecule has 0 aliphatic rings. The van der Waals surface area contributed by atoms with Gasteiger partial charge in [0.05, 0.1) is 16.9 Å². The van der Waals surface area contributed by atoms with Crippen molar-refractivity contribution < 1.29 is 44.5 Å². The lowest BCUT2D eigenvalue weighted by Gasteiger charge is -2.30. The van der Waals surface area contributed by atoms with Crippen LogP contribution in [0.25, 0.3) is 0 Å². The summed E-state index contributed by atoms with van der Waals surface area (Å²) in [4.78, 5) is 26.1. The molecular formula is C24H26F7N3O3S. The lowest BCUT2D eigenvalue weighted by Crippen LogP contribution is -2.50. The molecular weight excluding hydrogens is 543 g/mol. The molecule has 2 rings (SSSR count). The highest BCUT2D eigenvalue weighted by atomic mass is 32.2. The van der Waals surface area contributed by atoms with Gasteiger partial charge in [-0.05, 0) is 51.0 Å². The van der Waals surface area contributed by atoms with Crippen molar-refractivity contribution in [2.45, 2.75) is 51.3 Å². The Morgan fingerprint density at radius 1 is 0.895 bits per heavy atom. The summed E-state index contributed by atoms with van der Waals surface area (Å²) in [6.45, 7) is 5.69. The van der Waals surface area contributed by atoms with Crippen molar-refractivity contribution in [3.63, 3.8) is 0 Å². The smallest absolute Gasteiger partial charge is 0.346 e. The lowest BCUT2D eigenvalue weighted by molar-refractivity contribution is -0.348. The van der Waals surface area contributed by atoms with Crippen LogP contribution < -0.4 is 10.6 Å². The van der Waals surface area contributed by atoms with Crippen LogP contribution in [0.5, 0.6) is 0 Å². The van der Waals surface area contributed by atoms with E-state index in [1.54, 1.807) is 13.8 Å². The standard InChI is InChI=1S/C24H26F7N3O3S/c1-13-7-6-8-16(18(13)20(36)34-21(3,4)12-38(5,32)37)19(35)33-17-10-9-15(11-14(17)2)22(25,23(26,27)28)24(29,30)31/h6-11,32H,12H2,1-5H3,(H,33,35)(H,34,36). The van der Waals surface area contributed by atoms with Gasteiger partial charge in [-0.15, -0.1) is 0 Å². The average molecular weight is 570 g/mol. The zero-order chi connectivity index (χ0) is 29.5. The molecule has 2 aromatic rings. The van der Waals surface area contributed by atoms with Gasteiger partial charge in [0.15, 0.2) is 0 Å². The summed E-state index contributed by atoms with van der Waals surface area (Å²) in [6, 6.07) is 5.59.